The van der Waals surface area contributed by atoms with Crippen LogP contribution in [0.3, 0.4) is 0 Å². The highest BCUT2D eigenvalue weighted by Crippen LogP contribution is 2.41. The molecule has 2 saturated heterocycles. The number of carbonyl (C=O) groups excluding carboxylic acids is 1. The smallest absolute Gasteiger partial charge is 0.410 e. The average molecular weight is 280 g/mol. The van der Waals surface area contributed by atoms with E-state index in [1.807, 2.05) is 20.8 Å². The van der Waals surface area contributed by atoms with Crippen molar-refractivity contribution >= 4 is 6.09 Å². The minimum Gasteiger partial charge on any atom is -0.444 e. The van der Waals surface area contributed by atoms with Crippen LogP contribution in [-0.4, -0.2) is 54.5 Å². The van der Waals surface area contributed by atoms with E-state index in [0.717, 1.165) is 19.5 Å². The van der Waals surface area contributed by atoms with Crippen molar-refractivity contribution in [1.82, 2.24) is 10.2 Å². The first-order valence-corrected chi connectivity index (χ1v) is 7.14. The molecule has 0 aromatic rings. The van der Waals surface area contributed by atoms with Crippen LogP contribution < -0.4 is 5.32 Å². The first-order valence-electron chi connectivity index (χ1n) is 7.14. The quantitative estimate of drug-likeness (QED) is 0.645. The van der Waals surface area contributed by atoms with Crippen LogP contribution in [0.5, 0.6) is 0 Å². The van der Waals surface area contributed by atoms with Gasteiger partial charge in [-0.2, -0.15) is 0 Å². The van der Waals surface area contributed by atoms with Gasteiger partial charge in [-0.1, -0.05) is 11.8 Å². The molecule has 2 aliphatic heterocycles. The summed E-state index contributed by atoms with van der Waals surface area (Å²) in [6, 6.07) is 0. The van der Waals surface area contributed by atoms with E-state index in [2.05, 4.69) is 17.2 Å². The third-order valence-corrected chi connectivity index (χ3v) is 3.93. The Balaban J connectivity index is 2.10. The van der Waals surface area contributed by atoms with Crippen LogP contribution in [-0.2, 0) is 4.74 Å². The van der Waals surface area contributed by atoms with Gasteiger partial charge in [-0.3, -0.25) is 0 Å². The van der Waals surface area contributed by atoms with E-state index >= 15 is 0 Å². The molecule has 0 aliphatic carbocycles. The van der Waals surface area contributed by atoms with Crippen molar-refractivity contribution in [3.8, 4) is 11.8 Å². The van der Waals surface area contributed by atoms with Gasteiger partial charge >= 0.3 is 6.09 Å². The summed E-state index contributed by atoms with van der Waals surface area (Å²) < 4.78 is 5.45. The van der Waals surface area contributed by atoms with Crippen molar-refractivity contribution in [1.29, 1.82) is 0 Å². The lowest BCUT2D eigenvalue weighted by molar-refractivity contribution is 0.0275. The van der Waals surface area contributed by atoms with Gasteiger partial charge in [-0.05, 0) is 33.7 Å². The molecule has 2 rings (SSSR count). The second-order valence-electron chi connectivity index (χ2n) is 6.68. The lowest BCUT2D eigenvalue weighted by Crippen LogP contribution is -2.37. The van der Waals surface area contributed by atoms with E-state index in [0.29, 0.717) is 13.1 Å². The van der Waals surface area contributed by atoms with E-state index in [9.17, 15) is 4.79 Å². The van der Waals surface area contributed by atoms with E-state index in [-0.39, 0.29) is 24.0 Å². The molecule has 5 nitrogen and oxygen atoms in total. The monoisotopic (exact) mass is 280 g/mol. The molecule has 0 aromatic carbocycles. The van der Waals surface area contributed by atoms with Crippen LogP contribution in [0, 0.1) is 23.2 Å². The fourth-order valence-electron chi connectivity index (χ4n) is 3.00. The molecular weight excluding hydrogens is 256 g/mol. The molecule has 0 bridgehead atoms. The molecule has 1 spiro atoms. The van der Waals surface area contributed by atoms with Gasteiger partial charge in [0.1, 0.15) is 12.2 Å². The number of amides is 1. The zero-order valence-corrected chi connectivity index (χ0v) is 12.5. The van der Waals surface area contributed by atoms with E-state index in [1.54, 1.807) is 4.90 Å². The van der Waals surface area contributed by atoms with Crippen molar-refractivity contribution in [2.75, 3.05) is 32.8 Å². The van der Waals surface area contributed by atoms with Crippen LogP contribution >= 0.6 is 0 Å². The molecule has 2 N–H and O–H groups in total. The van der Waals surface area contributed by atoms with Crippen LogP contribution in [0.2, 0.25) is 0 Å². The number of carbonyl (C=O) groups is 1. The number of likely N-dealkylation sites (tertiary alicyclic amines) is 1. The maximum atomic E-state index is 12.2. The lowest BCUT2D eigenvalue weighted by atomic mass is 9.78. The molecule has 112 valence electrons. The number of nitrogens with zero attached hydrogens (tertiary/aromatic N) is 1. The van der Waals surface area contributed by atoms with E-state index in [4.69, 9.17) is 9.84 Å². The Morgan fingerprint density at radius 1 is 1.55 bits per heavy atom. The maximum absolute atomic E-state index is 12.2. The van der Waals surface area contributed by atoms with Crippen LogP contribution in [0.25, 0.3) is 0 Å². The molecule has 0 aromatic heterocycles. The van der Waals surface area contributed by atoms with E-state index < -0.39 is 5.60 Å². The number of ether oxygens (including phenoxy) is 1. The van der Waals surface area contributed by atoms with Gasteiger partial charge in [-0.25, -0.2) is 4.79 Å². The first kappa shape index (κ1) is 15.1. The summed E-state index contributed by atoms with van der Waals surface area (Å²) >= 11 is 0. The lowest BCUT2D eigenvalue weighted by Gasteiger charge is -2.27. The Morgan fingerprint density at radius 2 is 2.30 bits per heavy atom. The van der Waals surface area contributed by atoms with Crippen molar-refractivity contribution in [2.45, 2.75) is 32.8 Å². The number of aliphatic hydroxyl groups excluding tert-OH is 1. The molecular formula is C15H24N2O3. The number of nitrogens with one attached hydrogen (secondary N) is 1. The van der Waals surface area contributed by atoms with Crippen LogP contribution in [0.15, 0.2) is 0 Å². The Morgan fingerprint density at radius 3 is 2.85 bits per heavy atom. The number of aliphatic hydroxyl groups is 1. The summed E-state index contributed by atoms with van der Waals surface area (Å²) in [6.07, 6.45) is 0.744. The molecule has 1 amide bonds. The Bertz CT molecular complexity index is 425. The largest absolute Gasteiger partial charge is 0.444 e. The number of hydrogen-bond donors (Lipinski definition) is 2. The Kier molecular flexibility index (Phi) is 4.26. The molecule has 2 fully saturated rings. The molecule has 0 radical (unpaired) electrons. The number of rotatable bonds is 0. The molecule has 2 aliphatic rings. The molecule has 5 heteroatoms. The third kappa shape index (κ3) is 3.25. The minimum absolute atomic E-state index is 0.0130. The zero-order valence-electron chi connectivity index (χ0n) is 12.5. The average Bonchev–Trinajstić information content (AvgIpc) is 2.94. The topological polar surface area (TPSA) is 61.8 Å². The highest BCUT2D eigenvalue weighted by atomic mass is 16.6. The predicted molar refractivity (Wildman–Crippen MR) is 76.1 cm³/mol. The van der Waals surface area contributed by atoms with E-state index in [1.165, 1.54) is 0 Å². The van der Waals surface area contributed by atoms with Gasteiger partial charge in [0.2, 0.25) is 0 Å². The SMILES string of the molecule is CC(C)(C)OC(=O)N1CC(C#CCO)C2(CCNC2)C1. The standard InChI is InChI=1S/C15H24N2O3/c1-14(2,3)20-13(19)17-9-12(5-4-8-18)15(11-17)6-7-16-10-15/h12,16,18H,6-11H2,1-3H3. The maximum Gasteiger partial charge on any atom is 0.410 e. The fourth-order valence-corrected chi connectivity index (χ4v) is 3.00. The van der Waals surface area contributed by atoms with Gasteiger partial charge in [0.05, 0.1) is 0 Å². The molecule has 2 unspecified atom stereocenters. The van der Waals surface area contributed by atoms with Gasteiger partial charge in [-0.15, -0.1) is 0 Å². The summed E-state index contributed by atoms with van der Waals surface area (Å²) in [5, 5.41) is 12.3. The van der Waals surface area contributed by atoms with Gasteiger partial charge in [0.25, 0.3) is 0 Å². The predicted octanol–water partition coefficient (Wildman–Crippen LogP) is 0.829. The summed E-state index contributed by atoms with van der Waals surface area (Å²) in [5.74, 6) is 5.98. The van der Waals surface area contributed by atoms with Crippen LogP contribution in [0.1, 0.15) is 27.2 Å². The second-order valence-corrected chi connectivity index (χ2v) is 6.68. The zero-order chi connectivity index (χ0) is 14.8. The second kappa shape index (κ2) is 5.63. The Hall–Kier alpha value is -1.25. The van der Waals surface area contributed by atoms with Crippen molar-refractivity contribution in [3.63, 3.8) is 0 Å². The van der Waals surface area contributed by atoms with Gasteiger partial charge in [0.15, 0.2) is 0 Å². The molecule has 0 saturated carbocycles. The fraction of sp³-hybridized carbons (Fsp3) is 0.800. The summed E-state index contributed by atoms with van der Waals surface area (Å²) in [5.41, 5.74) is -0.466. The van der Waals surface area contributed by atoms with Crippen molar-refractivity contribution < 1.29 is 14.6 Å². The van der Waals surface area contributed by atoms with Gasteiger partial charge in [0, 0.05) is 31.0 Å². The summed E-state index contributed by atoms with van der Waals surface area (Å²) in [6.45, 7) is 8.58. The van der Waals surface area contributed by atoms with Gasteiger partial charge < -0.3 is 20.1 Å². The first-order chi connectivity index (χ1) is 9.36. The molecule has 2 heterocycles. The van der Waals surface area contributed by atoms with Crippen molar-refractivity contribution in [3.05, 3.63) is 0 Å². The summed E-state index contributed by atoms with van der Waals surface area (Å²) in [4.78, 5) is 14.0. The highest BCUT2D eigenvalue weighted by molar-refractivity contribution is 5.69. The molecule has 2 atom stereocenters. The summed E-state index contributed by atoms with van der Waals surface area (Å²) in [7, 11) is 0. The minimum atomic E-state index is -0.479. The third-order valence-electron chi connectivity index (χ3n) is 3.93. The molecule has 20 heavy (non-hydrogen) atoms. The highest BCUT2D eigenvalue weighted by Gasteiger charge is 2.49. The normalized spacial score (nSPS) is 29.4. The Labute approximate surface area is 120 Å². The van der Waals surface area contributed by atoms with Crippen molar-refractivity contribution in [2.24, 2.45) is 11.3 Å². The van der Waals surface area contributed by atoms with Crippen LogP contribution in [0.4, 0.5) is 4.79 Å². The number of hydrogen-bond acceptors (Lipinski definition) is 4.